The molecule has 0 amide bonds. The Hall–Kier alpha value is -2.72. The first kappa shape index (κ1) is 19.1. The predicted molar refractivity (Wildman–Crippen MR) is 101 cm³/mol. The Morgan fingerprint density at radius 3 is 2.59 bits per heavy atom. The third-order valence-electron chi connectivity index (χ3n) is 3.53. The number of hydrogen-bond donors (Lipinski definition) is 1. The van der Waals surface area contributed by atoms with Crippen LogP contribution in [0.3, 0.4) is 0 Å². The van der Waals surface area contributed by atoms with Crippen molar-refractivity contribution in [3.05, 3.63) is 42.5 Å². The highest BCUT2D eigenvalue weighted by molar-refractivity contribution is 7.99. The summed E-state index contributed by atoms with van der Waals surface area (Å²) in [7, 11) is -0.973. The molecule has 2 aromatic carbocycles. The van der Waals surface area contributed by atoms with Crippen LogP contribution in [0.25, 0.3) is 11.1 Å². The van der Waals surface area contributed by atoms with Crippen LogP contribution in [0, 0.1) is 0 Å². The van der Waals surface area contributed by atoms with Gasteiger partial charge in [0.15, 0.2) is 5.58 Å². The van der Waals surface area contributed by atoms with Crippen molar-refractivity contribution in [3.63, 3.8) is 0 Å². The molecule has 0 aliphatic rings. The smallest absolute Gasteiger partial charge is 0.316 e. The van der Waals surface area contributed by atoms with Gasteiger partial charge in [0.2, 0.25) is 0 Å². The number of hydrogen-bond acceptors (Lipinski definition) is 8. The summed E-state index contributed by atoms with van der Waals surface area (Å²) in [5.41, 5.74) is 1.20. The number of anilines is 1. The maximum absolute atomic E-state index is 12.6. The highest BCUT2D eigenvalue weighted by atomic mass is 32.2. The van der Waals surface area contributed by atoms with Crippen LogP contribution in [-0.2, 0) is 19.6 Å². The summed E-state index contributed by atoms with van der Waals surface area (Å²) in [4.78, 5) is 15.4. The Labute approximate surface area is 159 Å². The van der Waals surface area contributed by atoms with Crippen molar-refractivity contribution in [2.75, 3.05) is 24.7 Å². The number of esters is 1. The van der Waals surface area contributed by atoms with E-state index in [0.29, 0.717) is 22.5 Å². The number of methoxy groups -OCH3 is 2. The fraction of sp³-hybridized carbons (Fsp3) is 0.176. The molecule has 1 N–H and O–H groups in total. The van der Waals surface area contributed by atoms with Crippen LogP contribution in [-0.4, -0.2) is 39.3 Å². The normalized spacial score (nSPS) is 11.3. The minimum Gasteiger partial charge on any atom is -0.497 e. The number of aromatic nitrogens is 1. The van der Waals surface area contributed by atoms with Gasteiger partial charge in [-0.25, -0.2) is 13.4 Å². The molecule has 1 aromatic heterocycles. The third kappa shape index (κ3) is 4.52. The Balaban J connectivity index is 1.81. The number of ether oxygens (including phenoxy) is 2. The second kappa shape index (κ2) is 7.89. The molecule has 1 heterocycles. The van der Waals surface area contributed by atoms with E-state index in [-0.39, 0.29) is 15.9 Å². The van der Waals surface area contributed by atoms with E-state index >= 15 is 0 Å². The monoisotopic (exact) mass is 408 g/mol. The summed E-state index contributed by atoms with van der Waals surface area (Å²) < 4.78 is 42.8. The number of sulfonamides is 1. The van der Waals surface area contributed by atoms with E-state index in [1.165, 1.54) is 32.4 Å². The van der Waals surface area contributed by atoms with E-state index in [9.17, 15) is 13.2 Å². The molecule has 142 valence electrons. The average Bonchev–Trinajstić information content (AvgIpc) is 3.08. The number of benzene rings is 2. The molecule has 10 heteroatoms. The lowest BCUT2D eigenvalue weighted by Crippen LogP contribution is -2.12. The fourth-order valence-electron chi connectivity index (χ4n) is 2.17. The number of carbonyl (C=O) groups excluding carboxylic acids is 1. The Kier molecular flexibility index (Phi) is 5.57. The van der Waals surface area contributed by atoms with Gasteiger partial charge in [0, 0.05) is 5.69 Å². The van der Waals surface area contributed by atoms with Gasteiger partial charge in [-0.3, -0.25) is 9.52 Å². The van der Waals surface area contributed by atoms with E-state index in [1.54, 1.807) is 24.3 Å². The third-order valence-corrected chi connectivity index (χ3v) is 5.71. The van der Waals surface area contributed by atoms with Crippen LogP contribution in [0.2, 0.25) is 0 Å². The van der Waals surface area contributed by atoms with Crippen molar-refractivity contribution in [2.45, 2.75) is 10.1 Å². The van der Waals surface area contributed by atoms with Gasteiger partial charge in [0.25, 0.3) is 15.2 Å². The summed E-state index contributed by atoms with van der Waals surface area (Å²) in [6, 6.07) is 10.9. The second-order valence-electron chi connectivity index (χ2n) is 5.31. The van der Waals surface area contributed by atoms with E-state index in [1.807, 2.05) is 0 Å². The molecule has 0 bridgehead atoms. The molecule has 0 unspecified atom stereocenters. The number of rotatable bonds is 7. The lowest BCUT2D eigenvalue weighted by Gasteiger charge is -2.08. The molecule has 0 radical (unpaired) electrons. The number of carbonyl (C=O) groups is 1. The number of nitrogens with zero attached hydrogens (tertiary/aromatic N) is 1. The maximum Gasteiger partial charge on any atom is 0.316 e. The van der Waals surface area contributed by atoms with Crippen LogP contribution in [0.5, 0.6) is 5.75 Å². The van der Waals surface area contributed by atoms with Gasteiger partial charge in [0.05, 0.1) is 19.1 Å². The highest BCUT2D eigenvalue weighted by Crippen LogP contribution is 2.26. The molecule has 0 aliphatic carbocycles. The minimum atomic E-state index is -3.80. The molecule has 0 saturated heterocycles. The Bertz CT molecular complexity index is 1060. The second-order valence-corrected chi connectivity index (χ2v) is 7.92. The first-order valence-electron chi connectivity index (χ1n) is 7.68. The first-order chi connectivity index (χ1) is 12.9. The standard InChI is InChI=1S/C17H16N2O6S2/c1-23-12-5-3-11(4-6-12)19-27(21,22)13-7-8-15-14(9-13)18-17(25-15)26-10-16(20)24-2/h3-9,19H,10H2,1-2H3. The van der Waals surface area contributed by atoms with E-state index < -0.39 is 16.0 Å². The van der Waals surface area contributed by atoms with Gasteiger partial charge < -0.3 is 13.9 Å². The van der Waals surface area contributed by atoms with Gasteiger partial charge in [0.1, 0.15) is 17.0 Å². The molecule has 0 saturated carbocycles. The number of nitrogens with one attached hydrogen (secondary N) is 1. The molecule has 3 rings (SSSR count). The summed E-state index contributed by atoms with van der Waals surface area (Å²) in [5, 5.41) is 0.257. The van der Waals surface area contributed by atoms with E-state index in [0.717, 1.165) is 11.8 Å². The number of thioether (sulfide) groups is 1. The fourth-order valence-corrected chi connectivity index (χ4v) is 3.92. The van der Waals surface area contributed by atoms with Crippen LogP contribution >= 0.6 is 11.8 Å². The zero-order chi connectivity index (χ0) is 19.4. The molecule has 27 heavy (non-hydrogen) atoms. The van der Waals surface area contributed by atoms with Crippen molar-refractivity contribution in [3.8, 4) is 5.75 Å². The van der Waals surface area contributed by atoms with Crippen LogP contribution in [0.1, 0.15) is 0 Å². The lowest BCUT2D eigenvalue weighted by atomic mass is 10.3. The summed E-state index contributed by atoms with van der Waals surface area (Å²) in [6.45, 7) is 0. The summed E-state index contributed by atoms with van der Waals surface area (Å²) in [6.07, 6.45) is 0. The topological polar surface area (TPSA) is 108 Å². The molecular weight excluding hydrogens is 392 g/mol. The largest absolute Gasteiger partial charge is 0.497 e. The molecule has 0 fully saturated rings. The molecular formula is C17H16N2O6S2. The Morgan fingerprint density at radius 2 is 1.93 bits per heavy atom. The van der Waals surface area contributed by atoms with Gasteiger partial charge in [-0.1, -0.05) is 11.8 Å². The van der Waals surface area contributed by atoms with Crippen molar-refractivity contribution < 1.29 is 27.1 Å². The van der Waals surface area contributed by atoms with Gasteiger partial charge in [-0.05, 0) is 42.5 Å². The van der Waals surface area contributed by atoms with Crippen molar-refractivity contribution >= 4 is 44.5 Å². The van der Waals surface area contributed by atoms with E-state index in [2.05, 4.69) is 14.4 Å². The van der Waals surface area contributed by atoms with Crippen molar-refractivity contribution in [1.82, 2.24) is 4.98 Å². The highest BCUT2D eigenvalue weighted by Gasteiger charge is 2.17. The Morgan fingerprint density at radius 1 is 1.19 bits per heavy atom. The van der Waals surface area contributed by atoms with Crippen molar-refractivity contribution in [1.29, 1.82) is 0 Å². The lowest BCUT2D eigenvalue weighted by molar-refractivity contribution is -0.137. The van der Waals surface area contributed by atoms with E-state index in [4.69, 9.17) is 9.15 Å². The molecule has 8 nitrogen and oxygen atoms in total. The van der Waals surface area contributed by atoms with Crippen molar-refractivity contribution in [2.24, 2.45) is 0 Å². The number of oxazole rings is 1. The molecule has 3 aromatic rings. The molecule has 0 aliphatic heterocycles. The molecule has 0 spiro atoms. The zero-order valence-corrected chi connectivity index (χ0v) is 16.1. The SMILES string of the molecule is COC(=O)CSc1nc2cc(S(=O)(=O)Nc3ccc(OC)cc3)ccc2o1. The van der Waals surface area contributed by atoms with Gasteiger partial charge in [-0.2, -0.15) is 0 Å². The number of fused-ring (bicyclic) bond motifs is 1. The predicted octanol–water partition coefficient (Wildman–Crippen LogP) is 2.90. The summed E-state index contributed by atoms with van der Waals surface area (Å²) >= 11 is 1.07. The summed E-state index contributed by atoms with van der Waals surface area (Å²) in [5.74, 6) is 0.265. The average molecular weight is 408 g/mol. The first-order valence-corrected chi connectivity index (χ1v) is 10.2. The van der Waals surface area contributed by atoms with Crippen LogP contribution < -0.4 is 9.46 Å². The van der Waals surface area contributed by atoms with Gasteiger partial charge >= 0.3 is 5.97 Å². The maximum atomic E-state index is 12.6. The van der Waals surface area contributed by atoms with Crippen LogP contribution in [0.15, 0.2) is 57.0 Å². The van der Waals surface area contributed by atoms with Gasteiger partial charge in [-0.15, -0.1) is 0 Å². The van der Waals surface area contributed by atoms with Crippen LogP contribution in [0.4, 0.5) is 5.69 Å². The zero-order valence-electron chi connectivity index (χ0n) is 14.5. The molecule has 0 atom stereocenters. The minimum absolute atomic E-state index is 0.0450. The quantitative estimate of drug-likeness (QED) is 0.470.